The summed E-state index contributed by atoms with van der Waals surface area (Å²) in [5.74, 6) is 2.31. The van der Waals surface area contributed by atoms with Crippen molar-refractivity contribution < 1.29 is 14.2 Å². The molecule has 0 saturated heterocycles. The smallest absolute Gasteiger partial charge is 0.132 e. The molecular formula is C18H17NO3S. The fourth-order valence-corrected chi connectivity index (χ4v) is 3.20. The summed E-state index contributed by atoms with van der Waals surface area (Å²) in [7, 11) is 4.95. The van der Waals surface area contributed by atoms with Crippen LogP contribution in [0.15, 0.2) is 47.8 Å². The van der Waals surface area contributed by atoms with Gasteiger partial charge in [0.05, 0.1) is 32.6 Å². The van der Waals surface area contributed by atoms with E-state index in [9.17, 15) is 0 Å². The molecule has 118 valence electrons. The summed E-state index contributed by atoms with van der Waals surface area (Å²) in [6.07, 6.45) is 0. The van der Waals surface area contributed by atoms with Crippen LogP contribution in [0.1, 0.15) is 0 Å². The van der Waals surface area contributed by atoms with Crippen molar-refractivity contribution in [3.05, 3.63) is 47.8 Å². The average Bonchev–Trinajstić information content (AvgIpc) is 3.10. The molecule has 0 spiro atoms. The zero-order chi connectivity index (χ0) is 16.2. The molecule has 0 N–H and O–H groups in total. The number of thiazole rings is 1. The van der Waals surface area contributed by atoms with Crippen molar-refractivity contribution in [3.63, 3.8) is 0 Å². The highest BCUT2D eigenvalue weighted by Crippen LogP contribution is 2.38. The zero-order valence-electron chi connectivity index (χ0n) is 13.2. The average molecular weight is 327 g/mol. The molecule has 0 atom stereocenters. The van der Waals surface area contributed by atoms with Crippen LogP contribution in [-0.4, -0.2) is 26.3 Å². The second-order valence-corrected chi connectivity index (χ2v) is 5.66. The van der Waals surface area contributed by atoms with Crippen LogP contribution in [-0.2, 0) is 0 Å². The van der Waals surface area contributed by atoms with Crippen molar-refractivity contribution in [2.24, 2.45) is 0 Å². The molecule has 0 aliphatic rings. The minimum atomic E-state index is 0.741. The van der Waals surface area contributed by atoms with Crippen LogP contribution in [0.2, 0.25) is 0 Å². The fraction of sp³-hybridized carbons (Fsp3) is 0.167. The van der Waals surface area contributed by atoms with E-state index in [0.29, 0.717) is 0 Å². The van der Waals surface area contributed by atoms with Crippen molar-refractivity contribution >= 4 is 11.3 Å². The van der Waals surface area contributed by atoms with Crippen LogP contribution in [0, 0.1) is 0 Å². The molecule has 4 nitrogen and oxygen atoms in total. The third-order valence-corrected chi connectivity index (χ3v) is 4.40. The van der Waals surface area contributed by atoms with Gasteiger partial charge in [-0.2, -0.15) is 0 Å². The van der Waals surface area contributed by atoms with Gasteiger partial charge in [0, 0.05) is 17.0 Å². The van der Waals surface area contributed by atoms with E-state index in [1.54, 1.807) is 32.7 Å². The predicted molar refractivity (Wildman–Crippen MR) is 92.6 cm³/mol. The standard InChI is InChI=1S/C18H17NO3S/c1-20-12-8-9-14(17(10-12)22-3)18-19-15(11-23-18)13-6-4-5-7-16(13)21-2/h4-11H,1-3H3. The minimum absolute atomic E-state index is 0.741. The van der Waals surface area contributed by atoms with Crippen molar-refractivity contribution in [3.8, 4) is 39.1 Å². The second-order valence-electron chi connectivity index (χ2n) is 4.80. The van der Waals surface area contributed by atoms with Gasteiger partial charge in [0.2, 0.25) is 0 Å². The number of rotatable bonds is 5. The molecule has 0 unspecified atom stereocenters. The first-order valence-corrected chi connectivity index (χ1v) is 7.96. The number of para-hydroxylation sites is 1. The molecule has 5 heteroatoms. The molecule has 1 aromatic heterocycles. The minimum Gasteiger partial charge on any atom is -0.497 e. The maximum absolute atomic E-state index is 5.46. The topological polar surface area (TPSA) is 40.6 Å². The van der Waals surface area contributed by atoms with Gasteiger partial charge in [-0.15, -0.1) is 11.3 Å². The van der Waals surface area contributed by atoms with Gasteiger partial charge in [-0.3, -0.25) is 0 Å². The molecule has 0 radical (unpaired) electrons. The Morgan fingerprint density at radius 3 is 2.35 bits per heavy atom. The largest absolute Gasteiger partial charge is 0.497 e. The number of aromatic nitrogens is 1. The Balaban J connectivity index is 2.02. The van der Waals surface area contributed by atoms with Crippen LogP contribution < -0.4 is 14.2 Å². The molecule has 0 amide bonds. The van der Waals surface area contributed by atoms with Gasteiger partial charge in [-0.1, -0.05) is 12.1 Å². The van der Waals surface area contributed by atoms with E-state index in [2.05, 4.69) is 0 Å². The van der Waals surface area contributed by atoms with E-state index < -0.39 is 0 Å². The first-order chi connectivity index (χ1) is 11.3. The summed E-state index contributed by atoms with van der Waals surface area (Å²) in [4.78, 5) is 4.74. The number of hydrogen-bond donors (Lipinski definition) is 0. The van der Waals surface area contributed by atoms with Crippen LogP contribution >= 0.6 is 11.3 Å². The molecule has 0 aliphatic carbocycles. The monoisotopic (exact) mass is 327 g/mol. The van der Waals surface area contributed by atoms with Crippen molar-refractivity contribution in [2.45, 2.75) is 0 Å². The number of benzene rings is 2. The molecule has 2 aromatic carbocycles. The lowest BCUT2D eigenvalue weighted by atomic mass is 10.1. The maximum atomic E-state index is 5.46. The Morgan fingerprint density at radius 2 is 1.61 bits per heavy atom. The van der Waals surface area contributed by atoms with Gasteiger partial charge in [-0.25, -0.2) is 4.98 Å². The Morgan fingerprint density at radius 1 is 0.826 bits per heavy atom. The third kappa shape index (κ3) is 3.00. The number of nitrogens with zero attached hydrogens (tertiary/aromatic N) is 1. The third-order valence-electron chi connectivity index (χ3n) is 3.53. The lowest BCUT2D eigenvalue weighted by Crippen LogP contribution is -1.91. The molecule has 0 aliphatic heterocycles. The molecule has 3 rings (SSSR count). The van der Waals surface area contributed by atoms with Gasteiger partial charge in [0.15, 0.2) is 0 Å². The normalized spacial score (nSPS) is 10.4. The molecule has 0 saturated carbocycles. The van der Waals surface area contributed by atoms with E-state index >= 15 is 0 Å². The zero-order valence-corrected chi connectivity index (χ0v) is 14.0. The van der Waals surface area contributed by atoms with Gasteiger partial charge >= 0.3 is 0 Å². The van der Waals surface area contributed by atoms with E-state index in [1.165, 1.54) is 0 Å². The predicted octanol–water partition coefficient (Wildman–Crippen LogP) is 4.50. The summed E-state index contributed by atoms with van der Waals surface area (Å²) in [6, 6.07) is 13.6. The van der Waals surface area contributed by atoms with Crippen LogP contribution in [0.4, 0.5) is 0 Å². The highest BCUT2D eigenvalue weighted by molar-refractivity contribution is 7.13. The quantitative estimate of drug-likeness (QED) is 0.691. The number of methoxy groups -OCH3 is 3. The Bertz CT molecular complexity index is 814. The van der Waals surface area contributed by atoms with Crippen LogP contribution in [0.25, 0.3) is 21.8 Å². The first-order valence-electron chi connectivity index (χ1n) is 7.08. The van der Waals surface area contributed by atoms with E-state index in [0.717, 1.165) is 39.1 Å². The summed E-state index contributed by atoms with van der Waals surface area (Å²) in [6.45, 7) is 0. The Kier molecular flexibility index (Phi) is 4.48. The van der Waals surface area contributed by atoms with Crippen molar-refractivity contribution in [1.82, 2.24) is 4.98 Å². The van der Waals surface area contributed by atoms with Gasteiger partial charge < -0.3 is 14.2 Å². The highest BCUT2D eigenvalue weighted by atomic mass is 32.1. The highest BCUT2D eigenvalue weighted by Gasteiger charge is 2.14. The van der Waals surface area contributed by atoms with Gasteiger partial charge in [0.1, 0.15) is 22.3 Å². The van der Waals surface area contributed by atoms with E-state index in [-0.39, 0.29) is 0 Å². The first kappa shape index (κ1) is 15.4. The number of ether oxygens (including phenoxy) is 3. The van der Waals surface area contributed by atoms with Crippen LogP contribution in [0.3, 0.4) is 0 Å². The Labute approximate surface area is 139 Å². The fourth-order valence-electron chi connectivity index (χ4n) is 2.35. The molecule has 1 heterocycles. The van der Waals surface area contributed by atoms with Gasteiger partial charge in [-0.05, 0) is 24.3 Å². The summed E-state index contributed by atoms with van der Waals surface area (Å²) in [5.41, 5.74) is 2.81. The Hall–Kier alpha value is -2.53. The van der Waals surface area contributed by atoms with Crippen LogP contribution in [0.5, 0.6) is 17.2 Å². The maximum Gasteiger partial charge on any atom is 0.132 e. The van der Waals surface area contributed by atoms with Crippen molar-refractivity contribution in [2.75, 3.05) is 21.3 Å². The van der Waals surface area contributed by atoms with E-state index in [1.807, 2.05) is 47.8 Å². The molecular weight excluding hydrogens is 310 g/mol. The SMILES string of the molecule is COc1ccc(-c2nc(-c3ccccc3OC)cs2)c(OC)c1. The molecule has 3 aromatic rings. The second kappa shape index (κ2) is 6.71. The summed E-state index contributed by atoms with van der Waals surface area (Å²) in [5, 5.41) is 2.92. The summed E-state index contributed by atoms with van der Waals surface area (Å²) >= 11 is 1.57. The summed E-state index contributed by atoms with van der Waals surface area (Å²) < 4.78 is 16.1. The lowest BCUT2D eigenvalue weighted by Gasteiger charge is -2.08. The molecule has 0 bridgehead atoms. The molecule has 23 heavy (non-hydrogen) atoms. The van der Waals surface area contributed by atoms with Crippen molar-refractivity contribution in [1.29, 1.82) is 0 Å². The molecule has 0 fully saturated rings. The van der Waals surface area contributed by atoms with Gasteiger partial charge in [0.25, 0.3) is 0 Å². The number of hydrogen-bond acceptors (Lipinski definition) is 5. The lowest BCUT2D eigenvalue weighted by molar-refractivity contribution is 0.395. The van der Waals surface area contributed by atoms with E-state index in [4.69, 9.17) is 19.2 Å².